The maximum absolute atomic E-state index is 5.90. The first-order chi connectivity index (χ1) is 8.78. The Morgan fingerprint density at radius 3 is 2.84 bits per heavy atom. The molecule has 2 aromatic heterocycles. The SMILES string of the molecule is C#Cc1cccc(-c2nc(N)c3cc[nH]c3n2)c1.Cl. The Labute approximate surface area is 116 Å². The van der Waals surface area contributed by atoms with E-state index in [1.807, 2.05) is 30.3 Å². The van der Waals surface area contributed by atoms with Crippen LogP contribution in [0, 0.1) is 12.3 Å². The number of H-pyrrole nitrogens is 1. The monoisotopic (exact) mass is 270 g/mol. The zero-order valence-corrected chi connectivity index (χ0v) is 10.7. The number of nitrogens with one attached hydrogen (secondary N) is 1. The first-order valence-electron chi connectivity index (χ1n) is 5.45. The van der Waals surface area contributed by atoms with Gasteiger partial charge in [-0.15, -0.1) is 18.8 Å². The van der Waals surface area contributed by atoms with Crippen LogP contribution in [0.3, 0.4) is 0 Å². The molecule has 0 aliphatic heterocycles. The van der Waals surface area contributed by atoms with Gasteiger partial charge in [-0.1, -0.05) is 18.1 Å². The van der Waals surface area contributed by atoms with Crippen LogP contribution in [0.25, 0.3) is 22.4 Å². The van der Waals surface area contributed by atoms with Crippen molar-refractivity contribution in [1.29, 1.82) is 0 Å². The van der Waals surface area contributed by atoms with E-state index < -0.39 is 0 Å². The van der Waals surface area contributed by atoms with Crippen LogP contribution in [0.2, 0.25) is 0 Å². The van der Waals surface area contributed by atoms with Crippen LogP contribution in [0.1, 0.15) is 5.56 Å². The summed E-state index contributed by atoms with van der Waals surface area (Å²) in [5.41, 5.74) is 8.27. The van der Waals surface area contributed by atoms with Crippen LogP contribution >= 0.6 is 12.4 Å². The Kier molecular flexibility index (Phi) is 3.41. The van der Waals surface area contributed by atoms with Crippen LogP contribution in [0.4, 0.5) is 5.82 Å². The minimum atomic E-state index is 0. The average molecular weight is 271 g/mol. The second-order valence-electron chi connectivity index (χ2n) is 3.90. The van der Waals surface area contributed by atoms with E-state index in [0.29, 0.717) is 11.6 Å². The highest BCUT2D eigenvalue weighted by Crippen LogP contribution is 2.22. The zero-order chi connectivity index (χ0) is 12.5. The van der Waals surface area contributed by atoms with Crippen LogP contribution < -0.4 is 5.73 Å². The summed E-state index contributed by atoms with van der Waals surface area (Å²) >= 11 is 0. The standard InChI is InChI=1S/C14H10N4.ClH/c1-2-9-4-3-5-10(8-9)13-17-12(15)11-6-7-16-14(11)18-13;/h1,3-8H,(H3,15,16,17,18);1H. The number of halogens is 1. The van der Waals surface area contributed by atoms with E-state index in [9.17, 15) is 0 Å². The van der Waals surface area contributed by atoms with E-state index in [1.165, 1.54) is 0 Å². The number of nitrogens with zero attached hydrogens (tertiary/aromatic N) is 2. The lowest BCUT2D eigenvalue weighted by Gasteiger charge is -2.03. The van der Waals surface area contributed by atoms with Crippen LogP contribution in [0.15, 0.2) is 36.5 Å². The van der Waals surface area contributed by atoms with Gasteiger partial charge in [0.05, 0.1) is 5.39 Å². The van der Waals surface area contributed by atoms with Crippen molar-refractivity contribution >= 4 is 29.3 Å². The number of hydrogen-bond acceptors (Lipinski definition) is 3. The molecule has 0 aliphatic carbocycles. The van der Waals surface area contributed by atoms with Crippen LogP contribution in [-0.4, -0.2) is 15.0 Å². The predicted molar refractivity (Wildman–Crippen MR) is 78.9 cm³/mol. The Morgan fingerprint density at radius 1 is 1.21 bits per heavy atom. The molecule has 3 aromatic rings. The molecule has 0 unspecified atom stereocenters. The number of anilines is 1. The molecule has 0 aliphatic rings. The number of nitrogen functional groups attached to an aromatic ring is 1. The third-order valence-electron chi connectivity index (χ3n) is 2.73. The molecular weight excluding hydrogens is 260 g/mol. The third kappa shape index (κ3) is 2.24. The van der Waals surface area contributed by atoms with Crippen molar-refractivity contribution in [3.8, 4) is 23.7 Å². The number of hydrogen-bond donors (Lipinski definition) is 2. The van der Waals surface area contributed by atoms with Gasteiger partial charge in [-0.3, -0.25) is 0 Å². The first-order valence-corrected chi connectivity index (χ1v) is 5.45. The lowest BCUT2D eigenvalue weighted by atomic mass is 10.1. The molecule has 3 N–H and O–H groups in total. The quantitative estimate of drug-likeness (QED) is 0.668. The highest BCUT2D eigenvalue weighted by atomic mass is 35.5. The summed E-state index contributed by atoms with van der Waals surface area (Å²) < 4.78 is 0. The summed E-state index contributed by atoms with van der Waals surface area (Å²) in [5.74, 6) is 3.62. The number of rotatable bonds is 1. The van der Waals surface area contributed by atoms with Gasteiger partial charge < -0.3 is 10.7 Å². The maximum Gasteiger partial charge on any atom is 0.163 e. The van der Waals surface area contributed by atoms with Gasteiger partial charge in [0.2, 0.25) is 0 Å². The number of aromatic nitrogens is 3. The molecule has 0 saturated carbocycles. The number of nitrogens with two attached hydrogens (primary N) is 1. The van der Waals surface area contributed by atoms with E-state index in [0.717, 1.165) is 22.2 Å². The number of fused-ring (bicyclic) bond motifs is 1. The Hall–Kier alpha value is -2.51. The maximum atomic E-state index is 5.90. The summed E-state index contributed by atoms with van der Waals surface area (Å²) in [6, 6.07) is 9.36. The zero-order valence-electron chi connectivity index (χ0n) is 9.92. The summed E-state index contributed by atoms with van der Waals surface area (Å²) in [4.78, 5) is 11.8. The van der Waals surface area contributed by atoms with Gasteiger partial charge in [0.1, 0.15) is 11.5 Å². The Balaban J connectivity index is 0.00000133. The number of aromatic amines is 1. The minimum absolute atomic E-state index is 0. The largest absolute Gasteiger partial charge is 0.383 e. The van der Waals surface area contributed by atoms with Gasteiger partial charge in [-0.2, -0.15) is 0 Å². The third-order valence-corrected chi connectivity index (χ3v) is 2.73. The molecule has 3 rings (SSSR count). The Morgan fingerprint density at radius 2 is 2.05 bits per heavy atom. The summed E-state index contributed by atoms with van der Waals surface area (Å²) in [7, 11) is 0. The molecule has 0 atom stereocenters. The molecule has 94 valence electrons. The van der Waals surface area contributed by atoms with Gasteiger partial charge in [0, 0.05) is 17.3 Å². The number of terminal acetylenes is 1. The van der Waals surface area contributed by atoms with Crippen molar-refractivity contribution in [2.45, 2.75) is 0 Å². The Bertz CT molecular complexity index is 770. The molecule has 19 heavy (non-hydrogen) atoms. The fourth-order valence-electron chi connectivity index (χ4n) is 1.84. The normalized spacial score (nSPS) is 9.84. The smallest absolute Gasteiger partial charge is 0.163 e. The van der Waals surface area contributed by atoms with Gasteiger partial charge in [0.15, 0.2) is 5.82 Å². The molecular formula is C14H11ClN4. The molecule has 0 radical (unpaired) electrons. The molecule has 0 amide bonds. The van der Waals surface area contributed by atoms with E-state index in [-0.39, 0.29) is 12.4 Å². The van der Waals surface area contributed by atoms with Crippen LogP contribution in [0.5, 0.6) is 0 Å². The summed E-state index contributed by atoms with van der Waals surface area (Å²) in [5, 5.41) is 0.826. The minimum Gasteiger partial charge on any atom is -0.383 e. The van der Waals surface area contributed by atoms with Crippen LogP contribution in [-0.2, 0) is 0 Å². The highest BCUT2D eigenvalue weighted by molar-refractivity contribution is 5.87. The van der Waals surface area contributed by atoms with Crippen molar-refractivity contribution < 1.29 is 0 Å². The van der Waals surface area contributed by atoms with Gasteiger partial charge in [0.25, 0.3) is 0 Å². The van der Waals surface area contributed by atoms with Crippen molar-refractivity contribution in [3.05, 3.63) is 42.1 Å². The predicted octanol–water partition coefficient (Wildman–Crippen LogP) is 2.61. The highest BCUT2D eigenvalue weighted by Gasteiger charge is 2.07. The molecule has 0 fully saturated rings. The molecule has 0 spiro atoms. The average Bonchev–Trinajstić information content (AvgIpc) is 2.87. The second-order valence-corrected chi connectivity index (χ2v) is 3.90. The number of benzene rings is 1. The van der Waals surface area contributed by atoms with E-state index in [4.69, 9.17) is 12.2 Å². The topological polar surface area (TPSA) is 67.6 Å². The van der Waals surface area contributed by atoms with Crippen molar-refractivity contribution in [2.75, 3.05) is 5.73 Å². The molecule has 1 aromatic carbocycles. The second kappa shape index (κ2) is 5.01. The fraction of sp³-hybridized carbons (Fsp3) is 0. The first kappa shape index (κ1) is 12.9. The molecule has 4 nitrogen and oxygen atoms in total. The lowest BCUT2D eigenvalue weighted by Crippen LogP contribution is -1.97. The van der Waals surface area contributed by atoms with Crippen molar-refractivity contribution in [1.82, 2.24) is 15.0 Å². The van der Waals surface area contributed by atoms with Crippen molar-refractivity contribution in [3.63, 3.8) is 0 Å². The van der Waals surface area contributed by atoms with Gasteiger partial charge >= 0.3 is 0 Å². The van der Waals surface area contributed by atoms with E-state index in [1.54, 1.807) is 6.20 Å². The summed E-state index contributed by atoms with van der Waals surface area (Å²) in [6.45, 7) is 0. The molecule has 0 saturated heterocycles. The molecule has 5 heteroatoms. The molecule has 2 heterocycles. The van der Waals surface area contributed by atoms with Crippen molar-refractivity contribution in [2.24, 2.45) is 0 Å². The fourth-order valence-corrected chi connectivity index (χ4v) is 1.84. The lowest BCUT2D eigenvalue weighted by molar-refractivity contribution is 1.21. The van der Waals surface area contributed by atoms with E-state index >= 15 is 0 Å². The van der Waals surface area contributed by atoms with E-state index in [2.05, 4.69) is 20.9 Å². The van der Waals surface area contributed by atoms with Gasteiger partial charge in [-0.05, 0) is 18.2 Å². The van der Waals surface area contributed by atoms with Gasteiger partial charge in [-0.25, -0.2) is 9.97 Å². The summed E-state index contributed by atoms with van der Waals surface area (Å²) in [6.07, 6.45) is 7.17. The molecule has 0 bridgehead atoms.